The number of likely N-dealkylation sites (tertiary alicyclic amines) is 1. The Morgan fingerprint density at radius 1 is 1.28 bits per heavy atom. The van der Waals surface area contributed by atoms with Crippen molar-refractivity contribution < 1.29 is 18.6 Å². The maximum atomic E-state index is 14.0. The molecule has 1 N–H and O–H groups in total. The van der Waals surface area contributed by atoms with Crippen molar-refractivity contribution >= 4 is 0 Å². The molecule has 0 aromatic heterocycles. The maximum absolute atomic E-state index is 14.0. The number of piperidine rings is 1. The Bertz CT molecular complexity index is 699. The molecular formula is C23H35FN2O3. The fourth-order valence-corrected chi connectivity index (χ4v) is 4.76. The molecule has 0 aliphatic carbocycles. The standard InChI is InChI=1S/C23H35FN2O3/c1-22(2,27-3)8-11-28-21-5-4-18(24)12-20(21)17-6-9-26(10-7-17)19-13-23(29-14-19)15-25-16-23/h4-5,12,17,19,25H,6-11,13-16H2,1-3H3/t19-/m0/s1. The molecule has 1 aromatic carbocycles. The smallest absolute Gasteiger partial charge is 0.123 e. The van der Waals surface area contributed by atoms with E-state index in [0.717, 1.165) is 69.8 Å². The zero-order valence-electron chi connectivity index (χ0n) is 18.0. The van der Waals surface area contributed by atoms with E-state index < -0.39 is 0 Å². The van der Waals surface area contributed by atoms with Crippen LogP contribution in [0.25, 0.3) is 0 Å². The zero-order chi connectivity index (χ0) is 20.5. The van der Waals surface area contributed by atoms with E-state index >= 15 is 0 Å². The van der Waals surface area contributed by atoms with Gasteiger partial charge in [0.25, 0.3) is 0 Å². The van der Waals surface area contributed by atoms with E-state index in [1.165, 1.54) is 6.07 Å². The number of benzene rings is 1. The minimum Gasteiger partial charge on any atom is -0.493 e. The summed E-state index contributed by atoms with van der Waals surface area (Å²) < 4.78 is 31.6. The van der Waals surface area contributed by atoms with Crippen molar-refractivity contribution in [2.24, 2.45) is 0 Å². The topological polar surface area (TPSA) is 43.0 Å². The second-order valence-corrected chi connectivity index (χ2v) is 9.51. The van der Waals surface area contributed by atoms with Crippen LogP contribution in [0.4, 0.5) is 4.39 Å². The van der Waals surface area contributed by atoms with Crippen LogP contribution in [0.5, 0.6) is 5.75 Å². The minimum absolute atomic E-state index is 0.0983. The average molecular weight is 407 g/mol. The van der Waals surface area contributed by atoms with Crippen LogP contribution in [0, 0.1) is 5.82 Å². The van der Waals surface area contributed by atoms with Gasteiger partial charge in [-0.3, -0.25) is 4.90 Å². The van der Waals surface area contributed by atoms with Crippen molar-refractivity contribution in [1.29, 1.82) is 0 Å². The average Bonchev–Trinajstić information content (AvgIpc) is 3.16. The van der Waals surface area contributed by atoms with Crippen molar-refractivity contribution in [2.75, 3.05) is 46.5 Å². The van der Waals surface area contributed by atoms with Crippen LogP contribution in [0.1, 0.15) is 51.0 Å². The van der Waals surface area contributed by atoms with E-state index in [0.29, 0.717) is 18.6 Å². The monoisotopic (exact) mass is 406 g/mol. The third kappa shape index (κ3) is 4.76. The Hall–Kier alpha value is -1.21. The molecule has 0 saturated carbocycles. The summed E-state index contributed by atoms with van der Waals surface area (Å²) in [6.07, 6.45) is 3.99. The van der Waals surface area contributed by atoms with Crippen molar-refractivity contribution in [3.05, 3.63) is 29.6 Å². The van der Waals surface area contributed by atoms with E-state index in [1.807, 2.05) is 13.8 Å². The third-order valence-corrected chi connectivity index (χ3v) is 7.06. The van der Waals surface area contributed by atoms with Gasteiger partial charge in [-0.2, -0.15) is 0 Å². The van der Waals surface area contributed by atoms with E-state index in [1.54, 1.807) is 19.2 Å². The number of nitrogens with zero attached hydrogens (tertiary/aromatic N) is 1. The minimum atomic E-state index is -0.220. The fraction of sp³-hybridized carbons (Fsp3) is 0.739. The van der Waals surface area contributed by atoms with Crippen LogP contribution < -0.4 is 10.1 Å². The molecule has 0 amide bonds. The molecule has 29 heavy (non-hydrogen) atoms. The lowest BCUT2D eigenvalue weighted by Crippen LogP contribution is -2.59. The van der Waals surface area contributed by atoms with Gasteiger partial charge in [-0.05, 0) is 70.3 Å². The van der Waals surface area contributed by atoms with Crippen LogP contribution in [-0.4, -0.2) is 68.6 Å². The lowest BCUT2D eigenvalue weighted by atomic mass is 9.86. The highest BCUT2D eigenvalue weighted by atomic mass is 19.1. The molecule has 3 fully saturated rings. The Kier molecular flexibility index (Phi) is 6.17. The number of halogens is 1. The maximum Gasteiger partial charge on any atom is 0.123 e. The highest BCUT2D eigenvalue weighted by Crippen LogP contribution is 2.38. The highest BCUT2D eigenvalue weighted by molar-refractivity contribution is 5.37. The first kappa shape index (κ1) is 21.0. The summed E-state index contributed by atoms with van der Waals surface area (Å²) in [5.74, 6) is 0.977. The first-order valence-corrected chi connectivity index (χ1v) is 11.0. The predicted molar refractivity (Wildman–Crippen MR) is 111 cm³/mol. The Morgan fingerprint density at radius 2 is 2.03 bits per heavy atom. The van der Waals surface area contributed by atoms with Crippen LogP contribution >= 0.6 is 0 Å². The molecule has 3 saturated heterocycles. The second kappa shape index (κ2) is 8.50. The molecule has 4 rings (SSSR count). The summed E-state index contributed by atoms with van der Waals surface area (Å²) in [7, 11) is 1.72. The van der Waals surface area contributed by atoms with Gasteiger partial charge in [0.2, 0.25) is 0 Å². The first-order chi connectivity index (χ1) is 13.9. The first-order valence-electron chi connectivity index (χ1n) is 11.0. The number of ether oxygens (including phenoxy) is 3. The summed E-state index contributed by atoms with van der Waals surface area (Å²) in [6, 6.07) is 5.48. The van der Waals surface area contributed by atoms with Crippen molar-refractivity contribution in [3.63, 3.8) is 0 Å². The molecular weight excluding hydrogens is 371 g/mol. The molecule has 0 unspecified atom stereocenters. The number of nitrogens with one attached hydrogen (secondary N) is 1. The van der Waals surface area contributed by atoms with E-state index in [4.69, 9.17) is 14.2 Å². The lowest BCUT2D eigenvalue weighted by molar-refractivity contribution is -0.0367. The van der Waals surface area contributed by atoms with Gasteiger partial charge >= 0.3 is 0 Å². The van der Waals surface area contributed by atoms with Crippen LogP contribution in [0.3, 0.4) is 0 Å². The summed E-state index contributed by atoms with van der Waals surface area (Å²) in [4.78, 5) is 2.57. The SMILES string of the molecule is COC(C)(C)CCOc1ccc(F)cc1C1CCN([C@@H]2COC3(CNC3)C2)CC1. The van der Waals surface area contributed by atoms with Crippen molar-refractivity contribution in [3.8, 4) is 5.75 Å². The van der Waals surface area contributed by atoms with Gasteiger partial charge in [0.15, 0.2) is 0 Å². The molecule has 6 heteroatoms. The zero-order valence-corrected chi connectivity index (χ0v) is 18.0. The van der Waals surface area contributed by atoms with E-state index in [2.05, 4.69) is 10.2 Å². The predicted octanol–water partition coefficient (Wildman–Crippen LogP) is 3.33. The van der Waals surface area contributed by atoms with Gasteiger partial charge in [-0.1, -0.05) is 0 Å². The van der Waals surface area contributed by atoms with Crippen molar-refractivity contribution in [2.45, 2.75) is 62.7 Å². The quantitative estimate of drug-likeness (QED) is 0.752. The summed E-state index contributed by atoms with van der Waals surface area (Å²) in [5.41, 5.74) is 0.894. The van der Waals surface area contributed by atoms with Gasteiger partial charge in [0, 0.05) is 38.2 Å². The Balaban J connectivity index is 1.34. The van der Waals surface area contributed by atoms with Crippen LogP contribution in [-0.2, 0) is 9.47 Å². The molecule has 1 spiro atoms. The van der Waals surface area contributed by atoms with Gasteiger partial charge in [0.05, 0.1) is 24.4 Å². The van der Waals surface area contributed by atoms with E-state index in [-0.39, 0.29) is 17.0 Å². The van der Waals surface area contributed by atoms with Crippen LogP contribution in [0.2, 0.25) is 0 Å². The summed E-state index contributed by atoms with van der Waals surface area (Å²) in [6.45, 7) is 9.56. The van der Waals surface area contributed by atoms with Gasteiger partial charge in [-0.15, -0.1) is 0 Å². The van der Waals surface area contributed by atoms with Gasteiger partial charge in [0.1, 0.15) is 11.6 Å². The van der Waals surface area contributed by atoms with Crippen LogP contribution in [0.15, 0.2) is 18.2 Å². The molecule has 3 aliphatic heterocycles. The van der Waals surface area contributed by atoms with Gasteiger partial charge < -0.3 is 19.5 Å². The third-order valence-electron chi connectivity index (χ3n) is 7.06. The molecule has 1 aromatic rings. The second-order valence-electron chi connectivity index (χ2n) is 9.51. The lowest BCUT2D eigenvalue weighted by Gasteiger charge is -2.40. The number of hydrogen-bond donors (Lipinski definition) is 1. The number of rotatable bonds is 7. The summed E-state index contributed by atoms with van der Waals surface area (Å²) in [5, 5.41) is 3.34. The molecule has 3 aliphatic rings. The molecule has 162 valence electrons. The largest absolute Gasteiger partial charge is 0.493 e. The normalized spacial score (nSPS) is 25.3. The Morgan fingerprint density at radius 3 is 2.66 bits per heavy atom. The molecule has 0 radical (unpaired) electrons. The molecule has 0 bridgehead atoms. The van der Waals surface area contributed by atoms with Gasteiger partial charge in [-0.25, -0.2) is 4.39 Å². The Labute approximate surface area is 173 Å². The summed E-state index contributed by atoms with van der Waals surface area (Å²) >= 11 is 0. The molecule has 3 heterocycles. The molecule has 5 nitrogen and oxygen atoms in total. The van der Waals surface area contributed by atoms with E-state index in [9.17, 15) is 4.39 Å². The van der Waals surface area contributed by atoms with Crippen molar-refractivity contribution in [1.82, 2.24) is 10.2 Å². The fourth-order valence-electron chi connectivity index (χ4n) is 4.76. The molecule has 1 atom stereocenters. The number of hydrogen-bond acceptors (Lipinski definition) is 5. The number of methoxy groups -OCH3 is 1. The highest BCUT2D eigenvalue weighted by Gasteiger charge is 2.47.